The summed E-state index contributed by atoms with van der Waals surface area (Å²) in [6, 6.07) is -10.4. The van der Waals surface area contributed by atoms with Crippen LogP contribution in [0.1, 0.15) is 143 Å². The van der Waals surface area contributed by atoms with Gasteiger partial charge in [0.15, 0.2) is 0 Å². The highest BCUT2D eigenvalue weighted by molar-refractivity contribution is 5.98. The third kappa shape index (κ3) is 22.6. The minimum atomic E-state index is -1.55. The van der Waals surface area contributed by atoms with Gasteiger partial charge in [-0.2, -0.15) is 0 Å². The van der Waals surface area contributed by atoms with E-state index in [0.29, 0.717) is 12.8 Å². The summed E-state index contributed by atoms with van der Waals surface area (Å²) in [7, 11) is 9.73. The Hall–Kier alpha value is -6.13. The third-order valence-corrected chi connectivity index (χ3v) is 14.5. The van der Waals surface area contributed by atoms with Crippen molar-refractivity contribution in [1.82, 2.24) is 45.3 Å². The van der Waals surface area contributed by atoms with Crippen LogP contribution in [-0.4, -0.2) is 211 Å². The van der Waals surface area contributed by atoms with Crippen molar-refractivity contribution in [1.29, 1.82) is 0 Å². The first kappa shape index (κ1) is 74.9. The van der Waals surface area contributed by atoms with Gasteiger partial charge < -0.3 is 60.6 Å². The Balaban J connectivity index is 7.20. The van der Waals surface area contributed by atoms with Crippen LogP contribution in [0.25, 0.3) is 0 Å². The first-order valence-electron chi connectivity index (χ1n) is 28.5. The van der Waals surface area contributed by atoms with Gasteiger partial charge in [0.1, 0.15) is 61.0 Å². The van der Waals surface area contributed by atoms with Gasteiger partial charge in [-0.05, 0) is 88.4 Å². The lowest BCUT2D eigenvalue weighted by molar-refractivity contribution is -0.164. The van der Waals surface area contributed by atoms with E-state index >= 15 is 9.59 Å². The Kier molecular flexibility index (Phi) is 32.3. The van der Waals surface area contributed by atoms with Crippen LogP contribution in [0.2, 0.25) is 0 Å². The molecule has 0 rings (SSSR count). The summed E-state index contributed by atoms with van der Waals surface area (Å²) >= 11 is 0. The van der Waals surface area contributed by atoms with Crippen LogP contribution in [0.3, 0.4) is 0 Å². The van der Waals surface area contributed by atoms with Gasteiger partial charge in [0, 0.05) is 49.2 Å². The minimum Gasteiger partial charge on any atom is -0.468 e. The van der Waals surface area contributed by atoms with Crippen LogP contribution in [0.4, 0.5) is 0 Å². The molecule has 0 aliphatic heterocycles. The number of amides is 9. The Morgan fingerprint density at radius 1 is 0.519 bits per heavy atom. The summed E-state index contributed by atoms with van der Waals surface area (Å²) in [5, 5.41) is 8.06. The normalized spacial score (nSPS) is 15.7. The molecule has 0 aromatic heterocycles. The summed E-state index contributed by atoms with van der Waals surface area (Å²) in [5.74, 6) is -8.77. The minimum absolute atomic E-state index is 0.00428. The lowest BCUT2D eigenvalue weighted by atomic mass is 9.91. The standard InChI is InChI=1S/C58H104N10O13/c1-24-26-27-37(13)49(81-40(16)69)48(52(73)62-41(25-2)54(75)63(17)31-45(70)80-23)68(22)58(79)47(36(11)12)67(21)56(77)44(30-34(7)8)66(20)55(76)43(29-33(5)6)65(19)53(74)39(15)61-50(71)38(14)60-51(72)42(28-32(3)4)64(18)57(78)46(59)35(9)10/h24,26,32-39,41-44,46-49H,25,27-31,59H2,1-23H3,(H,60,72)(H,61,71)(H,62,73)/b26-24+/t37-,38+,39-,41+,42-,43-,44+,46+,47+,48+,49-/m0/s1. The number of ether oxygens (including phenoxy) is 2. The molecule has 23 heteroatoms. The van der Waals surface area contributed by atoms with Crippen LogP contribution < -0.4 is 21.7 Å². The number of rotatable bonds is 33. The Labute approximate surface area is 483 Å². The van der Waals surface area contributed by atoms with Crippen LogP contribution in [0, 0.1) is 35.5 Å². The molecule has 81 heavy (non-hydrogen) atoms. The van der Waals surface area contributed by atoms with Crippen molar-refractivity contribution in [3.63, 3.8) is 0 Å². The van der Waals surface area contributed by atoms with Crippen molar-refractivity contribution >= 4 is 65.1 Å². The van der Waals surface area contributed by atoms with Gasteiger partial charge in [-0.3, -0.25) is 52.7 Å². The Morgan fingerprint density at radius 2 is 0.963 bits per heavy atom. The number of hydrogen-bond donors (Lipinski definition) is 4. The van der Waals surface area contributed by atoms with Crippen molar-refractivity contribution in [2.24, 2.45) is 41.2 Å². The monoisotopic (exact) mass is 1150 g/mol. The molecule has 0 spiro atoms. The molecular weight excluding hydrogens is 1040 g/mol. The summed E-state index contributed by atoms with van der Waals surface area (Å²) in [4.78, 5) is 160. The Morgan fingerprint density at radius 3 is 1.40 bits per heavy atom. The zero-order valence-corrected chi connectivity index (χ0v) is 53.2. The number of hydrogen-bond acceptors (Lipinski definition) is 14. The number of esters is 2. The van der Waals surface area contributed by atoms with E-state index in [4.69, 9.17) is 15.2 Å². The first-order chi connectivity index (χ1) is 37.4. The summed E-state index contributed by atoms with van der Waals surface area (Å²) in [5.41, 5.74) is 6.14. The second-order valence-corrected chi connectivity index (χ2v) is 23.6. The molecule has 0 aliphatic carbocycles. The van der Waals surface area contributed by atoms with Crippen molar-refractivity contribution in [2.45, 2.75) is 203 Å². The summed E-state index contributed by atoms with van der Waals surface area (Å²) in [6.45, 7) is 27.2. The highest BCUT2D eigenvalue weighted by Gasteiger charge is 2.46. The predicted molar refractivity (Wildman–Crippen MR) is 310 cm³/mol. The van der Waals surface area contributed by atoms with Gasteiger partial charge in [-0.15, -0.1) is 0 Å². The van der Waals surface area contributed by atoms with Gasteiger partial charge >= 0.3 is 11.9 Å². The molecule has 9 amide bonds. The lowest BCUT2D eigenvalue weighted by Crippen LogP contribution is -2.64. The molecular formula is C58H104N10O13. The van der Waals surface area contributed by atoms with Gasteiger partial charge in [-0.25, -0.2) is 0 Å². The zero-order valence-electron chi connectivity index (χ0n) is 53.2. The van der Waals surface area contributed by atoms with Gasteiger partial charge in [0.25, 0.3) is 0 Å². The number of likely N-dealkylation sites (N-methyl/N-ethyl adjacent to an activating group) is 6. The number of carbonyl (C=O) groups is 11. The van der Waals surface area contributed by atoms with Crippen LogP contribution >= 0.6 is 0 Å². The first-order valence-corrected chi connectivity index (χ1v) is 28.5. The van der Waals surface area contributed by atoms with E-state index in [1.54, 1.807) is 54.5 Å². The fourth-order valence-corrected chi connectivity index (χ4v) is 9.45. The number of nitrogens with two attached hydrogens (primary N) is 1. The quantitative estimate of drug-likeness (QED) is 0.0543. The Bertz CT molecular complexity index is 2170. The number of nitrogens with zero attached hydrogens (tertiary/aromatic N) is 6. The molecule has 464 valence electrons. The van der Waals surface area contributed by atoms with Crippen molar-refractivity contribution in [3.05, 3.63) is 12.2 Å². The molecule has 0 aromatic carbocycles. The topological polar surface area (TPSA) is 288 Å². The average molecular weight is 1150 g/mol. The molecule has 0 unspecified atom stereocenters. The molecule has 0 heterocycles. The molecule has 0 bridgehead atoms. The van der Waals surface area contributed by atoms with E-state index < -0.39 is 144 Å². The van der Waals surface area contributed by atoms with Crippen molar-refractivity contribution in [3.8, 4) is 0 Å². The molecule has 0 aromatic rings. The fraction of sp³-hybridized carbons (Fsp3) is 0.776. The second kappa shape index (κ2) is 35.0. The van der Waals surface area contributed by atoms with Gasteiger partial charge in [-0.1, -0.05) is 95.2 Å². The summed E-state index contributed by atoms with van der Waals surface area (Å²) in [6.07, 6.45) is 3.33. The van der Waals surface area contributed by atoms with E-state index in [9.17, 15) is 43.2 Å². The maximum absolute atomic E-state index is 15.2. The molecule has 0 saturated carbocycles. The molecule has 5 N–H and O–H groups in total. The van der Waals surface area contributed by atoms with E-state index in [-0.39, 0.29) is 42.9 Å². The summed E-state index contributed by atoms with van der Waals surface area (Å²) < 4.78 is 10.6. The van der Waals surface area contributed by atoms with Crippen molar-refractivity contribution in [2.75, 3.05) is 55.9 Å². The highest BCUT2D eigenvalue weighted by atomic mass is 16.5. The molecule has 23 nitrogen and oxygen atoms in total. The number of nitrogens with one attached hydrogen (secondary N) is 3. The number of allylic oxidation sites excluding steroid dienone is 2. The average Bonchev–Trinajstić information content (AvgIpc) is 3.38. The van der Waals surface area contributed by atoms with Crippen LogP contribution in [-0.2, 0) is 62.2 Å². The molecule has 11 atom stereocenters. The van der Waals surface area contributed by atoms with Gasteiger partial charge in [0.05, 0.1) is 13.2 Å². The van der Waals surface area contributed by atoms with E-state index in [1.165, 1.54) is 89.8 Å². The van der Waals surface area contributed by atoms with Crippen LogP contribution in [0.15, 0.2) is 12.2 Å². The highest BCUT2D eigenvalue weighted by Crippen LogP contribution is 2.26. The molecule has 0 aliphatic rings. The maximum Gasteiger partial charge on any atom is 0.325 e. The van der Waals surface area contributed by atoms with Crippen molar-refractivity contribution < 1.29 is 62.2 Å². The lowest BCUT2D eigenvalue weighted by Gasteiger charge is -2.42. The largest absolute Gasteiger partial charge is 0.468 e. The predicted octanol–water partition coefficient (Wildman–Crippen LogP) is 2.97. The number of methoxy groups -OCH3 is 1. The van der Waals surface area contributed by atoms with Crippen LogP contribution in [0.5, 0.6) is 0 Å². The third-order valence-electron chi connectivity index (χ3n) is 14.5. The maximum atomic E-state index is 15.2. The van der Waals surface area contributed by atoms with Gasteiger partial charge in [0.2, 0.25) is 53.2 Å². The zero-order chi connectivity index (χ0) is 63.2. The van der Waals surface area contributed by atoms with E-state index in [2.05, 4.69) is 16.0 Å². The SMILES string of the molecule is C/C=C/C[C@H](C)[C@H](OC(C)=O)[C@H](C(=O)N[C@H](CC)C(=O)N(C)CC(=O)OC)N(C)C(=O)[C@@H](C(C)C)N(C)C(=O)[C@@H](CC(C)C)N(C)C(=O)[C@H](CC(C)C)N(C)C(=O)[C@H](C)NC(=O)[C@@H](C)NC(=O)[C@H](CC(C)C)N(C)C(=O)[C@H](N)C(C)C. The molecule has 0 radical (unpaired) electrons. The molecule has 0 fully saturated rings. The number of carbonyl (C=O) groups excluding carboxylic acids is 11. The van der Waals surface area contributed by atoms with E-state index in [1.807, 2.05) is 47.6 Å². The molecule has 0 saturated heterocycles. The smallest absolute Gasteiger partial charge is 0.325 e. The second-order valence-electron chi connectivity index (χ2n) is 23.6. The van der Waals surface area contributed by atoms with E-state index in [0.717, 1.165) is 9.80 Å². The fourth-order valence-electron chi connectivity index (χ4n) is 9.45.